The molecule has 1 aliphatic rings. The summed E-state index contributed by atoms with van der Waals surface area (Å²) < 4.78 is 6.96. The first kappa shape index (κ1) is 14.0. The Kier molecular flexibility index (Phi) is 3.62. The van der Waals surface area contributed by atoms with Crippen LogP contribution in [0.2, 0.25) is 0 Å². The number of aromatic amines is 1. The maximum atomic E-state index is 11.9. The number of ether oxygens (including phenoxy) is 1. The highest BCUT2D eigenvalue weighted by Crippen LogP contribution is 2.36. The zero-order chi connectivity index (χ0) is 14.2. The predicted molar refractivity (Wildman–Crippen MR) is 66.9 cm³/mol. The fourth-order valence-electron chi connectivity index (χ4n) is 2.45. The molecule has 2 rings (SSSR count). The normalized spacial score (nSPS) is 30.7. The summed E-state index contributed by atoms with van der Waals surface area (Å²) in [4.78, 5) is 25.5. The third-order valence-electron chi connectivity index (χ3n) is 3.62. The van der Waals surface area contributed by atoms with Crippen molar-refractivity contribution >= 4 is 0 Å². The van der Waals surface area contributed by atoms with Gasteiger partial charge in [-0.15, -0.1) is 0 Å². The Hall–Kier alpha value is -1.44. The average molecular weight is 270 g/mol. The molecule has 0 aromatic carbocycles. The second kappa shape index (κ2) is 4.92. The summed E-state index contributed by atoms with van der Waals surface area (Å²) in [5.41, 5.74) is -1.66. The Balaban J connectivity index is 2.52. The van der Waals surface area contributed by atoms with Crippen molar-refractivity contribution in [3.05, 3.63) is 32.6 Å². The maximum Gasteiger partial charge on any atom is 0.330 e. The van der Waals surface area contributed by atoms with Gasteiger partial charge in [0.25, 0.3) is 5.56 Å². The van der Waals surface area contributed by atoms with Crippen LogP contribution in [0, 0.1) is 6.92 Å². The number of aryl methyl sites for hydroxylation is 1. The van der Waals surface area contributed by atoms with Crippen molar-refractivity contribution < 1.29 is 14.9 Å². The SMILES string of the molecule is CC[C@]1(n2cc(C)c(=O)[nH]c2=O)C[C@H](O)[C@@H](CO)O1. The monoisotopic (exact) mass is 270 g/mol. The zero-order valence-electron chi connectivity index (χ0n) is 10.9. The molecule has 0 bridgehead atoms. The third kappa shape index (κ3) is 2.24. The molecule has 7 nitrogen and oxygen atoms in total. The van der Waals surface area contributed by atoms with Gasteiger partial charge >= 0.3 is 5.69 Å². The Morgan fingerprint density at radius 3 is 2.79 bits per heavy atom. The number of hydrogen-bond acceptors (Lipinski definition) is 5. The van der Waals surface area contributed by atoms with Gasteiger partial charge in [-0.1, -0.05) is 6.92 Å². The minimum atomic E-state index is -1.03. The minimum absolute atomic E-state index is 0.195. The van der Waals surface area contributed by atoms with Gasteiger partial charge in [0.2, 0.25) is 0 Å². The predicted octanol–water partition coefficient (Wildman–Crippen LogP) is -0.950. The molecule has 19 heavy (non-hydrogen) atoms. The molecule has 1 aromatic heterocycles. The van der Waals surface area contributed by atoms with E-state index in [1.165, 1.54) is 10.8 Å². The molecule has 1 aromatic rings. The third-order valence-corrected chi connectivity index (χ3v) is 3.62. The van der Waals surface area contributed by atoms with Gasteiger partial charge in [0.15, 0.2) is 5.72 Å². The van der Waals surface area contributed by atoms with Crippen molar-refractivity contribution in [1.82, 2.24) is 9.55 Å². The molecule has 7 heteroatoms. The summed E-state index contributed by atoms with van der Waals surface area (Å²) in [7, 11) is 0. The van der Waals surface area contributed by atoms with Crippen molar-refractivity contribution in [3.8, 4) is 0 Å². The van der Waals surface area contributed by atoms with Crippen molar-refractivity contribution in [1.29, 1.82) is 0 Å². The lowest BCUT2D eigenvalue weighted by Crippen LogP contribution is -2.44. The van der Waals surface area contributed by atoms with Crippen LogP contribution >= 0.6 is 0 Å². The molecule has 0 amide bonds. The average Bonchev–Trinajstić information content (AvgIpc) is 2.71. The number of aliphatic hydroxyl groups is 2. The van der Waals surface area contributed by atoms with E-state index in [-0.39, 0.29) is 13.0 Å². The molecule has 3 atom stereocenters. The smallest absolute Gasteiger partial charge is 0.330 e. The van der Waals surface area contributed by atoms with Crippen LogP contribution in [0.25, 0.3) is 0 Å². The van der Waals surface area contributed by atoms with Gasteiger partial charge in [-0.05, 0) is 13.3 Å². The van der Waals surface area contributed by atoms with E-state index in [9.17, 15) is 14.7 Å². The van der Waals surface area contributed by atoms with Gasteiger partial charge in [0.05, 0.1) is 12.7 Å². The molecule has 1 aliphatic heterocycles. The highest BCUT2D eigenvalue weighted by molar-refractivity contribution is 5.04. The number of aliphatic hydroxyl groups excluding tert-OH is 2. The van der Waals surface area contributed by atoms with E-state index >= 15 is 0 Å². The summed E-state index contributed by atoms with van der Waals surface area (Å²) in [5, 5.41) is 19.0. The maximum absolute atomic E-state index is 11.9. The van der Waals surface area contributed by atoms with Crippen LogP contribution < -0.4 is 11.2 Å². The fraction of sp³-hybridized carbons (Fsp3) is 0.667. The van der Waals surface area contributed by atoms with E-state index < -0.39 is 29.2 Å². The number of nitrogens with zero attached hydrogens (tertiary/aromatic N) is 1. The lowest BCUT2D eigenvalue weighted by molar-refractivity contribution is -0.121. The molecule has 3 N–H and O–H groups in total. The lowest BCUT2D eigenvalue weighted by atomic mass is 10.0. The van der Waals surface area contributed by atoms with E-state index in [1.54, 1.807) is 6.92 Å². The first-order valence-corrected chi connectivity index (χ1v) is 6.23. The summed E-state index contributed by atoms with van der Waals surface area (Å²) >= 11 is 0. The summed E-state index contributed by atoms with van der Waals surface area (Å²) in [6.07, 6.45) is 0.492. The van der Waals surface area contributed by atoms with Crippen LogP contribution in [-0.4, -0.2) is 38.6 Å². The van der Waals surface area contributed by atoms with Crippen LogP contribution in [0.3, 0.4) is 0 Å². The van der Waals surface area contributed by atoms with Gasteiger partial charge in [-0.3, -0.25) is 14.3 Å². The van der Waals surface area contributed by atoms with Crippen LogP contribution in [0.5, 0.6) is 0 Å². The zero-order valence-corrected chi connectivity index (χ0v) is 10.9. The number of nitrogens with one attached hydrogen (secondary N) is 1. The van der Waals surface area contributed by atoms with Gasteiger partial charge < -0.3 is 14.9 Å². The molecule has 1 saturated heterocycles. The van der Waals surface area contributed by atoms with E-state index in [0.29, 0.717) is 12.0 Å². The molecule has 106 valence electrons. The Morgan fingerprint density at radius 1 is 1.58 bits per heavy atom. The molecule has 0 aliphatic carbocycles. The van der Waals surface area contributed by atoms with Crippen LogP contribution in [0.15, 0.2) is 15.8 Å². The highest BCUT2D eigenvalue weighted by Gasteiger charge is 2.46. The number of rotatable bonds is 3. The van der Waals surface area contributed by atoms with Crippen molar-refractivity contribution in [2.75, 3.05) is 6.61 Å². The first-order valence-electron chi connectivity index (χ1n) is 6.23. The second-order valence-electron chi connectivity index (χ2n) is 4.85. The Morgan fingerprint density at radius 2 is 2.26 bits per heavy atom. The fourth-order valence-corrected chi connectivity index (χ4v) is 2.45. The number of aromatic nitrogens is 2. The first-order chi connectivity index (χ1) is 8.93. The van der Waals surface area contributed by atoms with Crippen LogP contribution in [0.1, 0.15) is 25.3 Å². The molecule has 0 unspecified atom stereocenters. The van der Waals surface area contributed by atoms with Crippen molar-refractivity contribution in [2.45, 2.75) is 44.6 Å². The topological polar surface area (TPSA) is 105 Å². The van der Waals surface area contributed by atoms with Gasteiger partial charge in [0.1, 0.15) is 6.10 Å². The molecule has 0 radical (unpaired) electrons. The molecule has 1 fully saturated rings. The largest absolute Gasteiger partial charge is 0.394 e. The quantitative estimate of drug-likeness (QED) is 0.657. The summed E-state index contributed by atoms with van der Waals surface area (Å²) in [6, 6.07) is 0. The van der Waals surface area contributed by atoms with Gasteiger partial charge in [0, 0.05) is 18.2 Å². The molecule has 0 spiro atoms. The summed E-state index contributed by atoms with van der Waals surface area (Å²) in [5.74, 6) is 0. The van der Waals surface area contributed by atoms with Gasteiger partial charge in [-0.2, -0.15) is 0 Å². The number of hydrogen-bond donors (Lipinski definition) is 3. The number of H-pyrrole nitrogens is 1. The highest BCUT2D eigenvalue weighted by atomic mass is 16.6. The Labute approximate surface area is 109 Å². The molecular formula is C12H18N2O5. The van der Waals surface area contributed by atoms with E-state index in [0.717, 1.165) is 0 Å². The standard InChI is InChI=1S/C12H18N2O5/c1-3-12(4-8(16)9(6-15)19-12)14-5-7(2)10(17)13-11(14)18/h5,8-9,15-16H,3-4,6H2,1-2H3,(H,13,17,18)/t8-,9+,12+/m0/s1. The van der Waals surface area contributed by atoms with E-state index in [4.69, 9.17) is 9.84 Å². The second-order valence-corrected chi connectivity index (χ2v) is 4.85. The van der Waals surface area contributed by atoms with Crippen molar-refractivity contribution in [2.24, 2.45) is 0 Å². The molecule has 2 heterocycles. The summed E-state index contributed by atoms with van der Waals surface area (Å²) in [6.45, 7) is 3.09. The molecular weight excluding hydrogens is 252 g/mol. The lowest BCUT2D eigenvalue weighted by Gasteiger charge is -2.30. The Bertz CT molecular complexity index is 578. The van der Waals surface area contributed by atoms with E-state index in [2.05, 4.69) is 4.98 Å². The van der Waals surface area contributed by atoms with Crippen LogP contribution in [0.4, 0.5) is 0 Å². The van der Waals surface area contributed by atoms with E-state index in [1.807, 2.05) is 6.92 Å². The van der Waals surface area contributed by atoms with Crippen LogP contribution in [-0.2, 0) is 10.5 Å². The molecule has 0 saturated carbocycles. The van der Waals surface area contributed by atoms with Crippen molar-refractivity contribution in [3.63, 3.8) is 0 Å². The van der Waals surface area contributed by atoms with Gasteiger partial charge in [-0.25, -0.2) is 4.79 Å². The minimum Gasteiger partial charge on any atom is -0.394 e.